The molecular formula is C25H21FN4O3S. The second-order valence-corrected chi connectivity index (χ2v) is 8.17. The van der Waals surface area contributed by atoms with Crippen molar-refractivity contribution in [2.75, 3.05) is 10.2 Å². The molecule has 1 unspecified atom stereocenters. The Morgan fingerprint density at radius 2 is 1.85 bits per heavy atom. The van der Waals surface area contributed by atoms with E-state index in [4.69, 9.17) is 17.3 Å². The third-order valence-corrected chi connectivity index (χ3v) is 5.60. The van der Waals surface area contributed by atoms with Crippen LogP contribution in [-0.2, 0) is 4.79 Å². The van der Waals surface area contributed by atoms with E-state index in [2.05, 4.69) is 15.8 Å². The number of carbonyl (C=O) groups is 2. The van der Waals surface area contributed by atoms with Crippen LogP contribution in [0.4, 0.5) is 21.5 Å². The number of hydrogen-bond donors (Lipinski definition) is 3. The highest BCUT2D eigenvalue weighted by atomic mass is 32.1. The second-order valence-electron chi connectivity index (χ2n) is 7.76. The molecule has 3 aromatic carbocycles. The summed E-state index contributed by atoms with van der Waals surface area (Å²) in [5, 5.41) is 16.1. The van der Waals surface area contributed by atoms with Crippen LogP contribution in [0, 0.1) is 12.7 Å². The van der Waals surface area contributed by atoms with Crippen LogP contribution >= 0.6 is 12.2 Å². The van der Waals surface area contributed by atoms with Gasteiger partial charge in [0.15, 0.2) is 5.11 Å². The van der Waals surface area contributed by atoms with E-state index >= 15 is 0 Å². The van der Waals surface area contributed by atoms with Gasteiger partial charge in [0.25, 0.3) is 0 Å². The number of anilines is 3. The smallest absolute Gasteiger partial charge is 0.335 e. The zero-order valence-electron chi connectivity index (χ0n) is 18.2. The summed E-state index contributed by atoms with van der Waals surface area (Å²) in [4.78, 5) is 25.8. The predicted molar refractivity (Wildman–Crippen MR) is 133 cm³/mol. The highest BCUT2D eigenvalue weighted by molar-refractivity contribution is 7.80. The van der Waals surface area contributed by atoms with E-state index in [9.17, 15) is 14.0 Å². The maximum Gasteiger partial charge on any atom is 0.335 e. The molecule has 0 saturated carbocycles. The number of aromatic carboxylic acids is 1. The van der Waals surface area contributed by atoms with Crippen LogP contribution in [0.2, 0.25) is 0 Å². The number of benzene rings is 3. The van der Waals surface area contributed by atoms with E-state index < -0.39 is 17.7 Å². The maximum absolute atomic E-state index is 14.0. The summed E-state index contributed by atoms with van der Waals surface area (Å²) in [7, 11) is 0. The van der Waals surface area contributed by atoms with Gasteiger partial charge in [0.05, 0.1) is 17.2 Å². The summed E-state index contributed by atoms with van der Waals surface area (Å²) in [6.07, 6.45) is 1.78. The molecule has 4 rings (SSSR count). The highest BCUT2D eigenvalue weighted by Gasteiger charge is 2.37. The first-order valence-corrected chi connectivity index (χ1v) is 10.9. The average Bonchev–Trinajstić information content (AvgIpc) is 3.08. The molecule has 1 aliphatic rings. The second kappa shape index (κ2) is 9.80. The normalized spacial score (nSPS) is 14.8. The van der Waals surface area contributed by atoms with Crippen molar-refractivity contribution < 1.29 is 19.1 Å². The number of carbonyl (C=O) groups excluding carboxylic acids is 1. The van der Waals surface area contributed by atoms with Gasteiger partial charge in [0, 0.05) is 24.0 Å². The number of hydrogen-bond acceptors (Lipinski definition) is 4. The van der Waals surface area contributed by atoms with Crippen molar-refractivity contribution in [2.45, 2.75) is 19.3 Å². The van der Waals surface area contributed by atoms with Crippen LogP contribution < -0.4 is 15.6 Å². The predicted octanol–water partition coefficient (Wildman–Crippen LogP) is 4.96. The Bertz CT molecular complexity index is 1280. The van der Waals surface area contributed by atoms with Gasteiger partial charge in [-0.1, -0.05) is 17.7 Å². The zero-order chi connectivity index (χ0) is 24.2. The number of fused-ring (bicyclic) bond motifs is 1. The molecule has 34 heavy (non-hydrogen) atoms. The first kappa shape index (κ1) is 23.1. The highest BCUT2D eigenvalue weighted by Crippen LogP contribution is 2.43. The molecule has 172 valence electrons. The van der Waals surface area contributed by atoms with Crippen molar-refractivity contribution in [3.05, 3.63) is 89.2 Å². The number of hydrazone groups is 1. The third-order valence-electron chi connectivity index (χ3n) is 5.40. The van der Waals surface area contributed by atoms with Crippen LogP contribution in [0.3, 0.4) is 0 Å². The van der Waals surface area contributed by atoms with Crippen LogP contribution in [0.15, 0.2) is 71.8 Å². The molecule has 3 aromatic rings. The van der Waals surface area contributed by atoms with E-state index in [1.807, 2.05) is 31.2 Å². The molecule has 1 atom stereocenters. The molecule has 0 bridgehead atoms. The molecule has 0 radical (unpaired) electrons. The fourth-order valence-electron chi connectivity index (χ4n) is 3.72. The van der Waals surface area contributed by atoms with Gasteiger partial charge < -0.3 is 10.4 Å². The van der Waals surface area contributed by atoms with Crippen LogP contribution in [0.1, 0.15) is 33.8 Å². The van der Waals surface area contributed by atoms with E-state index in [0.29, 0.717) is 16.9 Å². The van der Waals surface area contributed by atoms with Gasteiger partial charge in [-0.05, 0) is 79.3 Å². The van der Waals surface area contributed by atoms with Gasteiger partial charge in [-0.25, -0.2) is 9.18 Å². The van der Waals surface area contributed by atoms with Crippen molar-refractivity contribution in [3.8, 4) is 0 Å². The van der Waals surface area contributed by atoms with Gasteiger partial charge in [0.1, 0.15) is 5.82 Å². The van der Waals surface area contributed by atoms with Crippen molar-refractivity contribution in [2.24, 2.45) is 5.10 Å². The first-order chi connectivity index (χ1) is 16.3. The summed E-state index contributed by atoms with van der Waals surface area (Å²) in [5.41, 5.74) is 6.49. The first-order valence-electron chi connectivity index (χ1n) is 10.5. The molecule has 0 aliphatic carbocycles. The summed E-state index contributed by atoms with van der Waals surface area (Å²) in [6, 6.07) is 18.0. The fourth-order valence-corrected chi connectivity index (χ4v) is 3.89. The molecule has 1 heterocycles. The number of amides is 1. The molecule has 0 saturated heterocycles. The Labute approximate surface area is 200 Å². The number of halogens is 1. The van der Waals surface area contributed by atoms with Crippen LogP contribution in [0.5, 0.6) is 0 Å². The maximum atomic E-state index is 14.0. The van der Waals surface area contributed by atoms with Gasteiger partial charge in [-0.2, -0.15) is 5.10 Å². The monoisotopic (exact) mass is 476 g/mol. The zero-order valence-corrected chi connectivity index (χ0v) is 19.0. The minimum atomic E-state index is -1.01. The molecule has 1 amide bonds. The average molecular weight is 477 g/mol. The molecule has 0 spiro atoms. The number of nitrogens with one attached hydrogen (secondary N) is 2. The number of aryl methyl sites for hydroxylation is 1. The Hall–Kier alpha value is -4.11. The lowest BCUT2D eigenvalue weighted by Gasteiger charge is -2.18. The Morgan fingerprint density at radius 1 is 1.15 bits per heavy atom. The summed E-state index contributed by atoms with van der Waals surface area (Å²) >= 11 is 5.19. The standard InChI is InChI=1S/C25H21FN4O3S/c1-15-2-9-19(10-3-15)30-22-11-6-17(26)14-21(22)20(23(30)31)12-13-27-29-25(34)28-18-7-4-16(5-8-18)24(32)33/h2-11,13-14,20H,12H2,1H3,(H,32,33)(H2,28,29,34)/b27-13-. The van der Waals surface area contributed by atoms with Crippen molar-refractivity contribution in [3.63, 3.8) is 0 Å². The number of carboxylic acid groups (broad SMARTS) is 1. The molecule has 7 nitrogen and oxygen atoms in total. The summed E-state index contributed by atoms with van der Waals surface area (Å²) < 4.78 is 14.0. The topological polar surface area (TPSA) is 94.0 Å². The van der Waals surface area contributed by atoms with Crippen molar-refractivity contribution in [1.82, 2.24) is 5.43 Å². The fraction of sp³-hybridized carbons (Fsp3) is 0.120. The summed E-state index contributed by atoms with van der Waals surface area (Å²) in [5.74, 6) is -2.16. The molecular weight excluding hydrogens is 455 g/mol. The van der Waals surface area contributed by atoms with E-state index in [1.165, 1.54) is 30.5 Å². The van der Waals surface area contributed by atoms with Crippen LogP contribution in [-0.4, -0.2) is 28.3 Å². The van der Waals surface area contributed by atoms with E-state index in [1.54, 1.807) is 23.1 Å². The number of nitrogens with zero attached hydrogens (tertiary/aromatic N) is 2. The molecule has 1 aliphatic heterocycles. The number of carboxylic acids is 1. The number of thiocarbonyl (C=S) groups is 1. The van der Waals surface area contributed by atoms with Gasteiger partial charge in [0.2, 0.25) is 5.91 Å². The largest absolute Gasteiger partial charge is 0.478 e. The number of rotatable bonds is 6. The molecule has 9 heteroatoms. The Balaban J connectivity index is 1.42. The Kier molecular flexibility index (Phi) is 6.65. The quantitative estimate of drug-likeness (QED) is 0.265. The van der Waals surface area contributed by atoms with Crippen LogP contribution in [0.25, 0.3) is 0 Å². The summed E-state index contributed by atoms with van der Waals surface area (Å²) in [6.45, 7) is 1.97. The van der Waals surface area contributed by atoms with Gasteiger partial charge >= 0.3 is 5.97 Å². The molecule has 0 fully saturated rings. The SMILES string of the molecule is Cc1ccc(N2C(=O)C(C/C=N\NC(=S)Nc3ccc(C(=O)O)cc3)c3cc(F)ccc32)cc1. The lowest BCUT2D eigenvalue weighted by atomic mass is 9.98. The minimum absolute atomic E-state index is 0.157. The third kappa shape index (κ3) is 4.94. The van der Waals surface area contributed by atoms with Gasteiger partial charge in [-0.15, -0.1) is 0 Å². The molecule has 3 N–H and O–H groups in total. The van der Waals surface area contributed by atoms with Crippen molar-refractivity contribution >= 4 is 52.5 Å². The lowest BCUT2D eigenvalue weighted by Crippen LogP contribution is -2.25. The van der Waals surface area contributed by atoms with E-state index in [-0.39, 0.29) is 23.0 Å². The van der Waals surface area contributed by atoms with Crippen molar-refractivity contribution in [1.29, 1.82) is 0 Å². The lowest BCUT2D eigenvalue weighted by molar-refractivity contribution is -0.118. The minimum Gasteiger partial charge on any atom is -0.478 e. The Morgan fingerprint density at radius 3 is 2.53 bits per heavy atom. The molecule has 0 aromatic heterocycles. The van der Waals surface area contributed by atoms with Gasteiger partial charge in [-0.3, -0.25) is 15.1 Å². The van der Waals surface area contributed by atoms with E-state index in [0.717, 1.165) is 11.3 Å².